The summed E-state index contributed by atoms with van der Waals surface area (Å²) in [5, 5.41) is 9.06. The molecular weight excluding hydrogens is 150 g/mol. The largest absolute Gasteiger partial charge is 0.393 e. The highest BCUT2D eigenvalue weighted by atomic mass is 16.3. The molecule has 0 aromatic carbocycles. The van der Waals surface area contributed by atoms with Gasteiger partial charge in [-0.15, -0.1) is 5.92 Å². The van der Waals surface area contributed by atoms with Crippen molar-refractivity contribution in [2.75, 3.05) is 20.1 Å². The van der Waals surface area contributed by atoms with Gasteiger partial charge in [-0.2, -0.15) is 0 Å². The minimum Gasteiger partial charge on any atom is -0.393 e. The minimum atomic E-state index is -0.0272. The van der Waals surface area contributed by atoms with Crippen LogP contribution < -0.4 is 0 Å². The number of aliphatic hydroxyl groups excluding tert-OH is 1. The summed E-state index contributed by atoms with van der Waals surface area (Å²) in [6, 6.07) is 0. The molecule has 0 saturated heterocycles. The van der Waals surface area contributed by atoms with E-state index in [1.807, 2.05) is 6.92 Å². The first-order chi connectivity index (χ1) is 5.72. The number of aliphatic hydroxyl groups is 1. The number of hydrogen-bond donors (Lipinski definition) is 1. The van der Waals surface area contributed by atoms with Crippen LogP contribution in [0.1, 0.15) is 19.8 Å². The molecular formula is C10H17NO. The molecule has 12 heavy (non-hydrogen) atoms. The average molecular weight is 167 g/mol. The van der Waals surface area contributed by atoms with Crippen LogP contribution in [0.3, 0.4) is 0 Å². The third-order valence-corrected chi connectivity index (χ3v) is 2.31. The Kier molecular flexibility index (Phi) is 3.58. The smallest absolute Gasteiger partial charge is 0.0599 e. The Morgan fingerprint density at radius 3 is 2.67 bits per heavy atom. The van der Waals surface area contributed by atoms with Crippen LogP contribution in [0, 0.1) is 17.8 Å². The van der Waals surface area contributed by atoms with E-state index < -0.39 is 0 Å². The summed E-state index contributed by atoms with van der Waals surface area (Å²) >= 11 is 0. The SMILES string of the molecule is CC#CCN(C)CC1CC(O)C1. The van der Waals surface area contributed by atoms with Crippen molar-refractivity contribution >= 4 is 0 Å². The molecule has 0 aromatic heterocycles. The zero-order valence-electron chi connectivity index (χ0n) is 7.88. The number of rotatable bonds is 3. The summed E-state index contributed by atoms with van der Waals surface area (Å²) in [4.78, 5) is 2.22. The average Bonchev–Trinajstić information content (AvgIpc) is 1.98. The van der Waals surface area contributed by atoms with Gasteiger partial charge in [0.05, 0.1) is 12.6 Å². The molecule has 0 heterocycles. The molecule has 0 atom stereocenters. The maximum absolute atomic E-state index is 9.06. The second-order valence-electron chi connectivity index (χ2n) is 3.61. The van der Waals surface area contributed by atoms with E-state index in [4.69, 9.17) is 5.11 Å². The molecule has 0 radical (unpaired) electrons. The van der Waals surface area contributed by atoms with Crippen LogP contribution in [0.15, 0.2) is 0 Å². The third kappa shape index (κ3) is 2.84. The van der Waals surface area contributed by atoms with Gasteiger partial charge >= 0.3 is 0 Å². The Hall–Kier alpha value is -0.520. The lowest BCUT2D eigenvalue weighted by Gasteiger charge is -2.33. The van der Waals surface area contributed by atoms with E-state index in [9.17, 15) is 0 Å². The lowest BCUT2D eigenvalue weighted by molar-refractivity contribution is 0.0301. The van der Waals surface area contributed by atoms with Crippen LogP contribution in [0.5, 0.6) is 0 Å². The van der Waals surface area contributed by atoms with Crippen LogP contribution >= 0.6 is 0 Å². The van der Waals surface area contributed by atoms with Crippen LogP contribution in [-0.4, -0.2) is 36.2 Å². The van der Waals surface area contributed by atoms with Gasteiger partial charge < -0.3 is 5.11 Å². The molecule has 0 spiro atoms. The molecule has 0 bridgehead atoms. The van der Waals surface area contributed by atoms with Crippen molar-refractivity contribution in [1.29, 1.82) is 0 Å². The topological polar surface area (TPSA) is 23.5 Å². The molecule has 1 aliphatic carbocycles. The molecule has 1 aliphatic rings. The fraction of sp³-hybridized carbons (Fsp3) is 0.800. The molecule has 0 amide bonds. The third-order valence-electron chi connectivity index (χ3n) is 2.31. The van der Waals surface area contributed by atoms with E-state index in [-0.39, 0.29) is 6.10 Å². The summed E-state index contributed by atoms with van der Waals surface area (Å²) in [7, 11) is 2.08. The fourth-order valence-electron chi connectivity index (χ4n) is 1.57. The van der Waals surface area contributed by atoms with E-state index in [0.717, 1.165) is 25.9 Å². The zero-order chi connectivity index (χ0) is 8.97. The van der Waals surface area contributed by atoms with Gasteiger partial charge in [-0.25, -0.2) is 0 Å². The summed E-state index contributed by atoms with van der Waals surface area (Å²) in [6.45, 7) is 3.79. The van der Waals surface area contributed by atoms with Gasteiger partial charge in [-0.1, -0.05) is 5.92 Å². The Labute approximate surface area is 74.6 Å². The Bertz CT molecular complexity index is 186. The maximum Gasteiger partial charge on any atom is 0.0599 e. The van der Waals surface area contributed by atoms with E-state index >= 15 is 0 Å². The normalized spacial score (nSPS) is 27.7. The van der Waals surface area contributed by atoms with Crippen LogP contribution in [0.25, 0.3) is 0 Å². The van der Waals surface area contributed by atoms with E-state index in [1.54, 1.807) is 0 Å². The van der Waals surface area contributed by atoms with Gasteiger partial charge in [0.1, 0.15) is 0 Å². The standard InChI is InChI=1S/C10H17NO/c1-3-4-5-11(2)8-9-6-10(12)7-9/h9-10,12H,5-8H2,1-2H3. The summed E-state index contributed by atoms with van der Waals surface area (Å²) < 4.78 is 0. The highest BCUT2D eigenvalue weighted by Crippen LogP contribution is 2.27. The van der Waals surface area contributed by atoms with Gasteiger partial charge in [-0.05, 0) is 32.7 Å². The molecule has 1 rings (SSSR count). The summed E-state index contributed by atoms with van der Waals surface area (Å²) in [5.74, 6) is 6.60. The molecule has 68 valence electrons. The quantitative estimate of drug-likeness (QED) is 0.626. The Balaban J connectivity index is 2.09. The van der Waals surface area contributed by atoms with E-state index in [0.29, 0.717) is 5.92 Å². The van der Waals surface area contributed by atoms with Crippen LogP contribution in [0.2, 0.25) is 0 Å². The highest BCUT2D eigenvalue weighted by Gasteiger charge is 2.27. The van der Waals surface area contributed by atoms with Crippen molar-refractivity contribution in [3.05, 3.63) is 0 Å². The predicted molar refractivity (Wildman–Crippen MR) is 49.7 cm³/mol. The lowest BCUT2D eigenvalue weighted by Crippen LogP contribution is -2.37. The fourth-order valence-corrected chi connectivity index (χ4v) is 1.57. The summed E-state index contributed by atoms with van der Waals surface area (Å²) in [6.07, 6.45) is 1.93. The van der Waals surface area contributed by atoms with Crippen molar-refractivity contribution in [2.45, 2.75) is 25.9 Å². The van der Waals surface area contributed by atoms with Crippen LogP contribution in [0.4, 0.5) is 0 Å². The van der Waals surface area contributed by atoms with Crippen molar-refractivity contribution in [3.63, 3.8) is 0 Å². The van der Waals surface area contributed by atoms with Gasteiger partial charge in [0.25, 0.3) is 0 Å². The molecule has 0 aromatic rings. The van der Waals surface area contributed by atoms with Gasteiger partial charge in [0, 0.05) is 6.54 Å². The predicted octanol–water partition coefficient (Wildman–Crippen LogP) is 0.712. The van der Waals surface area contributed by atoms with Gasteiger partial charge in [0.2, 0.25) is 0 Å². The van der Waals surface area contributed by atoms with Crippen molar-refractivity contribution in [1.82, 2.24) is 4.90 Å². The first-order valence-corrected chi connectivity index (χ1v) is 4.48. The highest BCUT2D eigenvalue weighted by molar-refractivity contribution is 4.97. The van der Waals surface area contributed by atoms with Gasteiger partial charge in [0.15, 0.2) is 0 Å². The van der Waals surface area contributed by atoms with Gasteiger partial charge in [-0.3, -0.25) is 4.90 Å². The van der Waals surface area contributed by atoms with E-state index in [1.165, 1.54) is 0 Å². The number of nitrogens with zero attached hydrogens (tertiary/aromatic N) is 1. The zero-order valence-corrected chi connectivity index (χ0v) is 7.88. The molecule has 0 unspecified atom stereocenters. The molecule has 1 N–H and O–H groups in total. The monoisotopic (exact) mass is 167 g/mol. The van der Waals surface area contributed by atoms with Crippen molar-refractivity contribution < 1.29 is 5.11 Å². The first kappa shape index (κ1) is 9.57. The van der Waals surface area contributed by atoms with Crippen LogP contribution in [-0.2, 0) is 0 Å². The first-order valence-electron chi connectivity index (χ1n) is 4.48. The molecule has 2 heteroatoms. The second kappa shape index (κ2) is 4.49. The minimum absolute atomic E-state index is 0.0272. The molecule has 1 saturated carbocycles. The molecule has 2 nitrogen and oxygen atoms in total. The molecule has 1 fully saturated rings. The Morgan fingerprint density at radius 2 is 2.17 bits per heavy atom. The number of hydrogen-bond acceptors (Lipinski definition) is 2. The maximum atomic E-state index is 9.06. The second-order valence-corrected chi connectivity index (χ2v) is 3.61. The lowest BCUT2D eigenvalue weighted by atomic mass is 9.82. The van der Waals surface area contributed by atoms with Crippen molar-refractivity contribution in [2.24, 2.45) is 5.92 Å². The Morgan fingerprint density at radius 1 is 1.50 bits per heavy atom. The summed E-state index contributed by atoms with van der Waals surface area (Å²) in [5.41, 5.74) is 0. The van der Waals surface area contributed by atoms with E-state index in [2.05, 4.69) is 23.8 Å². The van der Waals surface area contributed by atoms with Crippen molar-refractivity contribution in [3.8, 4) is 11.8 Å². The molecule has 0 aliphatic heterocycles.